The number of nitrogens with zero attached hydrogens (tertiary/aromatic N) is 5. The summed E-state index contributed by atoms with van der Waals surface area (Å²) in [5.74, 6) is 0.996. The summed E-state index contributed by atoms with van der Waals surface area (Å²) in [7, 11) is 0. The smallest absolute Gasteiger partial charge is 0.410 e. The van der Waals surface area contributed by atoms with E-state index >= 15 is 0 Å². The van der Waals surface area contributed by atoms with E-state index < -0.39 is 5.60 Å². The normalized spacial score (nSPS) is 14.5. The van der Waals surface area contributed by atoms with Crippen molar-refractivity contribution in [3.8, 4) is 0 Å². The molecule has 0 aliphatic carbocycles. The van der Waals surface area contributed by atoms with Crippen molar-refractivity contribution in [1.82, 2.24) is 19.3 Å². The molecule has 168 valence electrons. The van der Waals surface area contributed by atoms with Crippen molar-refractivity contribution in [3.63, 3.8) is 0 Å². The molecule has 4 rings (SSSR count). The molecule has 32 heavy (non-hydrogen) atoms. The zero-order valence-corrected chi connectivity index (χ0v) is 18.8. The Labute approximate surface area is 187 Å². The first kappa shape index (κ1) is 21.6. The van der Waals surface area contributed by atoms with Crippen molar-refractivity contribution in [2.45, 2.75) is 33.3 Å². The lowest BCUT2D eigenvalue weighted by molar-refractivity contribution is 0.0240. The number of aryl methyl sites for hydroxylation is 1. The molecule has 0 bridgehead atoms. The molecule has 0 aromatic carbocycles. The highest BCUT2D eigenvalue weighted by molar-refractivity contribution is 6.03. The average molecular weight is 437 g/mol. The molecule has 3 aromatic rings. The molecule has 9 heteroatoms. The molecule has 0 atom stereocenters. The van der Waals surface area contributed by atoms with Crippen LogP contribution in [0, 0.1) is 6.92 Å². The van der Waals surface area contributed by atoms with Gasteiger partial charge in [0, 0.05) is 38.6 Å². The number of ether oxygens (including phenoxy) is 1. The van der Waals surface area contributed by atoms with E-state index in [9.17, 15) is 9.59 Å². The van der Waals surface area contributed by atoms with Crippen LogP contribution in [-0.4, -0.2) is 63.0 Å². The molecular weight excluding hydrogens is 408 g/mol. The number of hydrogen-bond donors (Lipinski definition) is 1. The number of nitrogens with one attached hydrogen (secondary N) is 1. The van der Waals surface area contributed by atoms with Gasteiger partial charge < -0.3 is 24.3 Å². The van der Waals surface area contributed by atoms with Crippen molar-refractivity contribution < 1.29 is 14.3 Å². The number of rotatable bonds is 3. The number of carbonyl (C=O) groups is 2. The number of imidazole rings is 1. The van der Waals surface area contributed by atoms with Gasteiger partial charge in [-0.1, -0.05) is 6.07 Å². The maximum Gasteiger partial charge on any atom is 0.410 e. The molecular formula is C23H28N6O3. The molecule has 9 nitrogen and oxygen atoms in total. The van der Waals surface area contributed by atoms with Gasteiger partial charge in [-0.3, -0.25) is 4.79 Å². The Hall–Kier alpha value is -3.62. The first-order chi connectivity index (χ1) is 15.2. The van der Waals surface area contributed by atoms with Gasteiger partial charge in [0.1, 0.15) is 17.1 Å². The zero-order valence-electron chi connectivity index (χ0n) is 18.8. The van der Waals surface area contributed by atoms with E-state index in [1.165, 1.54) is 0 Å². The summed E-state index contributed by atoms with van der Waals surface area (Å²) in [6.07, 6.45) is 5.01. The van der Waals surface area contributed by atoms with Crippen molar-refractivity contribution in [3.05, 3.63) is 54.0 Å². The van der Waals surface area contributed by atoms with E-state index in [1.54, 1.807) is 23.4 Å². The number of pyridine rings is 2. The fraction of sp³-hybridized carbons (Fsp3) is 0.391. The topological polar surface area (TPSA) is 92.1 Å². The van der Waals surface area contributed by atoms with E-state index in [0.29, 0.717) is 37.6 Å². The summed E-state index contributed by atoms with van der Waals surface area (Å²) in [5.41, 5.74) is 1.83. The largest absolute Gasteiger partial charge is 0.444 e. The van der Waals surface area contributed by atoms with Gasteiger partial charge in [-0.05, 0) is 51.5 Å². The molecule has 0 radical (unpaired) electrons. The molecule has 0 unspecified atom stereocenters. The summed E-state index contributed by atoms with van der Waals surface area (Å²) in [5, 5.41) is 2.82. The maximum absolute atomic E-state index is 12.6. The summed E-state index contributed by atoms with van der Waals surface area (Å²) in [6.45, 7) is 10.0. The van der Waals surface area contributed by atoms with Crippen LogP contribution in [0.25, 0.3) is 5.65 Å². The second kappa shape index (κ2) is 8.49. The predicted molar refractivity (Wildman–Crippen MR) is 122 cm³/mol. The van der Waals surface area contributed by atoms with Gasteiger partial charge >= 0.3 is 6.09 Å². The van der Waals surface area contributed by atoms with Crippen LogP contribution in [0.1, 0.15) is 36.7 Å². The molecule has 1 aliphatic heterocycles. The van der Waals surface area contributed by atoms with Crippen molar-refractivity contribution in [1.29, 1.82) is 0 Å². The number of amides is 2. The van der Waals surface area contributed by atoms with Crippen LogP contribution in [0.15, 0.2) is 42.9 Å². The summed E-state index contributed by atoms with van der Waals surface area (Å²) < 4.78 is 7.31. The van der Waals surface area contributed by atoms with Crippen LogP contribution in [-0.2, 0) is 4.74 Å². The number of carbonyl (C=O) groups excluding carboxylic acids is 2. The SMILES string of the molecule is Cc1ccc2nc(NC(=O)c3ccc(N4CCN(C(=O)OC(C)(C)C)CC4)nc3)cn2c1. The van der Waals surface area contributed by atoms with Gasteiger partial charge in [-0.25, -0.2) is 14.8 Å². The maximum atomic E-state index is 12.6. The molecule has 1 aliphatic rings. The summed E-state index contributed by atoms with van der Waals surface area (Å²) in [4.78, 5) is 37.5. The molecule has 1 N–H and O–H groups in total. The molecule has 3 aromatic heterocycles. The fourth-order valence-corrected chi connectivity index (χ4v) is 3.50. The van der Waals surface area contributed by atoms with Crippen LogP contribution in [0.4, 0.5) is 16.4 Å². The second-order valence-corrected chi connectivity index (χ2v) is 8.91. The van der Waals surface area contributed by atoms with Crippen LogP contribution < -0.4 is 10.2 Å². The molecule has 4 heterocycles. The highest BCUT2D eigenvalue weighted by atomic mass is 16.6. The van der Waals surface area contributed by atoms with Crippen molar-refractivity contribution in [2.24, 2.45) is 0 Å². The number of piperazine rings is 1. The Bertz CT molecular complexity index is 1120. The number of hydrogen-bond acceptors (Lipinski definition) is 6. The van der Waals surface area contributed by atoms with E-state index in [4.69, 9.17) is 4.74 Å². The van der Waals surface area contributed by atoms with Crippen LogP contribution in [0.3, 0.4) is 0 Å². The third-order valence-corrected chi connectivity index (χ3v) is 5.11. The minimum absolute atomic E-state index is 0.265. The standard InChI is InChI=1S/C23H28N6O3/c1-16-5-7-20-25-18(15-29(20)14-16)26-21(30)17-6-8-19(24-13-17)27-9-11-28(12-10-27)22(31)32-23(2,3)4/h5-8,13-15H,9-12H2,1-4H3,(H,26,30). The molecule has 0 spiro atoms. The van der Waals surface area contributed by atoms with Gasteiger partial charge in [0.25, 0.3) is 5.91 Å². The third kappa shape index (κ3) is 4.99. The van der Waals surface area contributed by atoms with Gasteiger partial charge in [-0.15, -0.1) is 0 Å². The van der Waals surface area contributed by atoms with E-state index in [0.717, 1.165) is 17.0 Å². The summed E-state index contributed by atoms with van der Waals surface area (Å²) in [6, 6.07) is 7.46. The Kier molecular flexibility index (Phi) is 5.73. The Morgan fingerprint density at radius 2 is 1.78 bits per heavy atom. The minimum atomic E-state index is -0.506. The number of anilines is 2. The second-order valence-electron chi connectivity index (χ2n) is 8.91. The van der Waals surface area contributed by atoms with E-state index in [1.807, 2.05) is 56.5 Å². The third-order valence-electron chi connectivity index (χ3n) is 5.11. The van der Waals surface area contributed by atoms with E-state index in [2.05, 4.69) is 20.2 Å². The lowest BCUT2D eigenvalue weighted by Gasteiger charge is -2.36. The average Bonchev–Trinajstić information content (AvgIpc) is 3.14. The number of aromatic nitrogens is 3. The highest BCUT2D eigenvalue weighted by Gasteiger charge is 2.26. The summed E-state index contributed by atoms with van der Waals surface area (Å²) >= 11 is 0. The van der Waals surface area contributed by atoms with Crippen molar-refractivity contribution in [2.75, 3.05) is 36.4 Å². The van der Waals surface area contributed by atoms with Gasteiger partial charge in [0.15, 0.2) is 5.82 Å². The van der Waals surface area contributed by atoms with Crippen LogP contribution in [0.2, 0.25) is 0 Å². The molecule has 1 saturated heterocycles. The van der Waals surface area contributed by atoms with Gasteiger partial charge in [0.05, 0.1) is 11.8 Å². The monoisotopic (exact) mass is 436 g/mol. The first-order valence-corrected chi connectivity index (χ1v) is 10.6. The first-order valence-electron chi connectivity index (χ1n) is 10.6. The van der Waals surface area contributed by atoms with Crippen LogP contribution >= 0.6 is 0 Å². The quantitative estimate of drug-likeness (QED) is 0.677. The zero-order chi connectivity index (χ0) is 22.9. The Balaban J connectivity index is 1.34. The predicted octanol–water partition coefficient (Wildman–Crippen LogP) is 3.35. The number of fused-ring (bicyclic) bond motifs is 1. The van der Waals surface area contributed by atoms with Crippen LogP contribution in [0.5, 0.6) is 0 Å². The lowest BCUT2D eigenvalue weighted by Crippen LogP contribution is -2.50. The van der Waals surface area contributed by atoms with E-state index in [-0.39, 0.29) is 12.0 Å². The lowest BCUT2D eigenvalue weighted by atomic mass is 10.2. The molecule has 0 saturated carbocycles. The Morgan fingerprint density at radius 1 is 1.03 bits per heavy atom. The Morgan fingerprint density at radius 3 is 2.44 bits per heavy atom. The highest BCUT2D eigenvalue weighted by Crippen LogP contribution is 2.17. The minimum Gasteiger partial charge on any atom is -0.444 e. The van der Waals surface area contributed by atoms with Crippen molar-refractivity contribution >= 4 is 29.3 Å². The molecule has 1 fully saturated rings. The van der Waals surface area contributed by atoms with Gasteiger partial charge in [0.2, 0.25) is 0 Å². The fourth-order valence-electron chi connectivity index (χ4n) is 3.50. The molecule has 2 amide bonds. The van der Waals surface area contributed by atoms with Gasteiger partial charge in [-0.2, -0.15) is 0 Å².